The van der Waals surface area contributed by atoms with Gasteiger partial charge in [0.1, 0.15) is 0 Å². The Morgan fingerprint density at radius 2 is 1.95 bits per heavy atom. The summed E-state index contributed by atoms with van der Waals surface area (Å²) < 4.78 is 11.1. The van der Waals surface area contributed by atoms with Gasteiger partial charge in [0.25, 0.3) is 0 Å². The number of carbonyl (C=O) groups excluding carboxylic acids is 1. The Morgan fingerprint density at radius 3 is 2.58 bits per heavy atom. The van der Waals surface area contributed by atoms with Crippen LogP contribution in [0.25, 0.3) is 0 Å². The molecule has 1 aliphatic heterocycles. The Labute approximate surface area is 113 Å². The number of hydrogen-bond acceptors (Lipinski definition) is 4. The van der Waals surface area contributed by atoms with Crippen molar-refractivity contribution in [2.45, 2.75) is 20.3 Å². The second kappa shape index (κ2) is 6.06. The van der Waals surface area contributed by atoms with Crippen LogP contribution >= 0.6 is 0 Å². The molecule has 0 aliphatic carbocycles. The van der Waals surface area contributed by atoms with Crippen molar-refractivity contribution in [3.05, 3.63) is 23.8 Å². The highest BCUT2D eigenvalue weighted by molar-refractivity contribution is 5.98. The summed E-state index contributed by atoms with van der Waals surface area (Å²) >= 11 is 0. The van der Waals surface area contributed by atoms with E-state index < -0.39 is 0 Å². The topological polar surface area (TPSA) is 55.8 Å². The van der Waals surface area contributed by atoms with Crippen molar-refractivity contribution in [2.75, 3.05) is 19.8 Å². The first-order valence-electron chi connectivity index (χ1n) is 6.68. The number of aliphatic hydroxyl groups excluding tert-OH is 1. The molecule has 1 N–H and O–H groups in total. The van der Waals surface area contributed by atoms with Crippen LogP contribution in [0.5, 0.6) is 11.5 Å². The maximum atomic E-state index is 12.3. The van der Waals surface area contributed by atoms with Gasteiger partial charge in [0.15, 0.2) is 17.3 Å². The van der Waals surface area contributed by atoms with E-state index in [1.807, 2.05) is 13.8 Å². The summed E-state index contributed by atoms with van der Waals surface area (Å²) in [5.74, 6) is 0.981. The molecule has 0 fully saturated rings. The summed E-state index contributed by atoms with van der Waals surface area (Å²) in [5.41, 5.74) is 0.567. The highest BCUT2D eigenvalue weighted by Gasteiger charge is 2.24. The van der Waals surface area contributed by atoms with E-state index in [0.29, 0.717) is 30.3 Å². The Morgan fingerprint density at radius 1 is 1.26 bits per heavy atom. The molecule has 104 valence electrons. The van der Waals surface area contributed by atoms with Crippen LogP contribution in [-0.4, -0.2) is 30.7 Å². The zero-order chi connectivity index (χ0) is 13.8. The molecule has 1 aromatic carbocycles. The largest absolute Gasteiger partial charge is 0.490 e. The Hall–Kier alpha value is -1.55. The molecule has 0 saturated carbocycles. The minimum Gasteiger partial charge on any atom is -0.490 e. The molecule has 0 amide bonds. The lowest BCUT2D eigenvalue weighted by molar-refractivity contribution is 0.0806. The molecule has 1 aliphatic rings. The van der Waals surface area contributed by atoms with Crippen LogP contribution in [0.15, 0.2) is 18.2 Å². The average molecular weight is 264 g/mol. The van der Waals surface area contributed by atoms with E-state index >= 15 is 0 Å². The third-order valence-corrected chi connectivity index (χ3v) is 3.37. The predicted molar refractivity (Wildman–Crippen MR) is 71.8 cm³/mol. The van der Waals surface area contributed by atoms with E-state index in [0.717, 1.165) is 6.42 Å². The quantitative estimate of drug-likeness (QED) is 0.848. The summed E-state index contributed by atoms with van der Waals surface area (Å²) in [6, 6.07) is 5.22. The zero-order valence-electron chi connectivity index (χ0n) is 11.4. The van der Waals surface area contributed by atoms with Crippen molar-refractivity contribution >= 4 is 5.78 Å². The molecule has 0 spiro atoms. The second-order valence-electron chi connectivity index (χ2n) is 5.11. The van der Waals surface area contributed by atoms with Crippen molar-refractivity contribution in [3.63, 3.8) is 0 Å². The van der Waals surface area contributed by atoms with E-state index in [1.54, 1.807) is 18.2 Å². The van der Waals surface area contributed by atoms with Crippen LogP contribution in [0.4, 0.5) is 0 Å². The Balaban J connectivity index is 2.26. The van der Waals surface area contributed by atoms with Crippen molar-refractivity contribution < 1.29 is 19.4 Å². The van der Waals surface area contributed by atoms with Crippen LogP contribution < -0.4 is 9.47 Å². The third-order valence-electron chi connectivity index (χ3n) is 3.37. The van der Waals surface area contributed by atoms with E-state index in [1.165, 1.54) is 0 Å². The molecular formula is C15H20O4. The van der Waals surface area contributed by atoms with Gasteiger partial charge in [0.05, 0.1) is 19.8 Å². The lowest BCUT2D eigenvalue weighted by Gasteiger charge is -2.17. The lowest BCUT2D eigenvalue weighted by Crippen LogP contribution is -2.24. The second-order valence-corrected chi connectivity index (χ2v) is 5.11. The van der Waals surface area contributed by atoms with Crippen molar-refractivity contribution in [1.29, 1.82) is 0 Å². The Bertz CT molecular complexity index is 453. The molecule has 1 heterocycles. The van der Waals surface area contributed by atoms with Crippen LogP contribution in [0, 0.1) is 11.8 Å². The number of Topliss-reactive ketones (excluding diaryl/α,β-unsaturated/α-hetero) is 1. The Kier molecular flexibility index (Phi) is 4.43. The van der Waals surface area contributed by atoms with Gasteiger partial charge in [-0.1, -0.05) is 13.8 Å². The number of benzene rings is 1. The van der Waals surface area contributed by atoms with Gasteiger partial charge in [-0.2, -0.15) is 0 Å². The highest BCUT2D eigenvalue weighted by Crippen LogP contribution is 2.31. The number of rotatable bonds is 4. The molecular weight excluding hydrogens is 244 g/mol. The molecule has 4 heteroatoms. The van der Waals surface area contributed by atoms with E-state index in [-0.39, 0.29) is 24.2 Å². The summed E-state index contributed by atoms with van der Waals surface area (Å²) in [7, 11) is 0. The first kappa shape index (κ1) is 13.9. The number of fused-ring (bicyclic) bond motifs is 1. The van der Waals surface area contributed by atoms with Crippen molar-refractivity contribution in [2.24, 2.45) is 11.8 Å². The maximum Gasteiger partial charge on any atom is 0.168 e. The molecule has 1 atom stereocenters. The van der Waals surface area contributed by atoms with Crippen LogP contribution in [0.2, 0.25) is 0 Å². The smallest absolute Gasteiger partial charge is 0.168 e. The zero-order valence-corrected chi connectivity index (χ0v) is 11.4. The van der Waals surface area contributed by atoms with Gasteiger partial charge in [0, 0.05) is 17.9 Å². The van der Waals surface area contributed by atoms with E-state index in [4.69, 9.17) is 9.47 Å². The first-order chi connectivity index (χ1) is 9.13. The van der Waals surface area contributed by atoms with Gasteiger partial charge in [-0.15, -0.1) is 0 Å². The van der Waals surface area contributed by atoms with Crippen molar-refractivity contribution in [3.8, 4) is 11.5 Å². The van der Waals surface area contributed by atoms with Crippen LogP contribution in [0.3, 0.4) is 0 Å². The van der Waals surface area contributed by atoms with Gasteiger partial charge < -0.3 is 14.6 Å². The highest BCUT2D eigenvalue weighted by atomic mass is 16.5. The fraction of sp³-hybridized carbons (Fsp3) is 0.533. The fourth-order valence-corrected chi connectivity index (χ4v) is 2.13. The molecule has 0 saturated heterocycles. The van der Waals surface area contributed by atoms with Gasteiger partial charge in [-0.05, 0) is 24.1 Å². The minimum atomic E-state index is -0.371. The summed E-state index contributed by atoms with van der Waals surface area (Å²) in [4.78, 5) is 12.3. The fourth-order valence-electron chi connectivity index (χ4n) is 2.13. The van der Waals surface area contributed by atoms with Crippen LogP contribution in [-0.2, 0) is 0 Å². The standard InChI is InChI=1S/C15H20O4/c1-10(2)12(9-16)15(17)11-4-5-13-14(8-11)19-7-3-6-18-13/h4-5,8,10,12,16H,3,6-7,9H2,1-2H3. The van der Waals surface area contributed by atoms with E-state index in [9.17, 15) is 9.90 Å². The molecule has 19 heavy (non-hydrogen) atoms. The predicted octanol–water partition coefficient (Wildman–Crippen LogP) is 2.30. The molecule has 0 bridgehead atoms. The van der Waals surface area contributed by atoms with Crippen LogP contribution in [0.1, 0.15) is 30.6 Å². The molecule has 4 nitrogen and oxygen atoms in total. The normalized spacial score (nSPS) is 16.0. The molecule has 2 rings (SSSR count). The summed E-state index contributed by atoms with van der Waals surface area (Å²) in [5, 5.41) is 9.33. The number of ether oxygens (including phenoxy) is 2. The monoisotopic (exact) mass is 264 g/mol. The maximum absolute atomic E-state index is 12.3. The number of hydrogen-bond donors (Lipinski definition) is 1. The first-order valence-corrected chi connectivity index (χ1v) is 6.68. The number of aliphatic hydroxyl groups is 1. The lowest BCUT2D eigenvalue weighted by atomic mass is 9.88. The minimum absolute atomic E-state index is 0.0480. The molecule has 1 aromatic rings. The van der Waals surface area contributed by atoms with E-state index in [2.05, 4.69) is 0 Å². The van der Waals surface area contributed by atoms with Gasteiger partial charge in [-0.3, -0.25) is 4.79 Å². The van der Waals surface area contributed by atoms with Crippen molar-refractivity contribution in [1.82, 2.24) is 0 Å². The molecule has 1 unspecified atom stereocenters. The van der Waals surface area contributed by atoms with Gasteiger partial charge in [-0.25, -0.2) is 0 Å². The number of ketones is 1. The average Bonchev–Trinajstić information content (AvgIpc) is 2.63. The summed E-state index contributed by atoms with van der Waals surface area (Å²) in [6.45, 7) is 4.96. The SMILES string of the molecule is CC(C)C(CO)C(=O)c1ccc2c(c1)OCCCO2. The molecule has 0 radical (unpaired) electrons. The van der Waals surface area contributed by atoms with Gasteiger partial charge in [0.2, 0.25) is 0 Å². The third kappa shape index (κ3) is 3.07. The molecule has 0 aromatic heterocycles. The summed E-state index contributed by atoms with van der Waals surface area (Å²) in [6.07, 6.45) is 0.837. The number of carbonyl (C=O) groups is 1. The van der Waals surface area contributed by atoms with Gasteiger partial charge >= 0.3 is 0 Å².